The first-order valence-electron chi connectivity index (χ1n) is 29.9. The molecule has 0 unspecified atom stereocenters. The van der Waals surface area contributed by atoms with E-state index in [1.54, 1.807) is 40.4 Å². The van der Waals surface area contributed by atoms with E-state index in [1.165, 1.54) is 134 Å². The number of carbonyl (C=O) groups excluding carboxylic acids is 1. The molecule has 6 aliphatic carbocycles. The number of ketones is 1. The maximum atomic E-state index is 14.3. The molecule has 0 N–H and O–H groups in total. The Labute approximate surface area is 464 Å². The first-order valence-corrected chi connectivity index (χ1v) is 30.3. The van der Waals surface area contributed by atoms with E-state index in [1.807, 2.05) is 42.5 Å². The number of allylic oxidation sites excluding steroid dienone is 2. The van der Waals surface area contributed by atoms with Crippen LogP contribution < -0.4 is 14.2 Å². The fourth-order valence-corrected chi connectivity index (χ4v) is 16.9. The molecule has 7 nitrogen and oxygen atoms in total. The smallest absolute Gasteiger partial charge is 0.166 e. The molecule has 9 aliphatic rings. The molecule has 0 aromatic heterocycles. The molecule has 4 aromatic carbocycles. The maximum Gasteiger partial charge on any atom is 0.166 e. The summed E-state index contributed by atoms with van der Waals surface area (Å²) in [4.78, 5) is 19.9. The number of rotatable bonds is 12. The number of fused-ring (bicyclic) bond motifs is 6. The van der Waals surface area contributed by atoms with Gasteiger partial charge in [-0.25, -0.2) is 8.78 Å². The second-order valence-corrected chi connectivity index (χ2v) is 25.9. The fraction of sp³-hybridized carbons (Fsp3) is 0.597. The van der Waals surface area contributed by atoms with E-state index < -0.39 is 11.6 Å². The molecule has 3 saturated heterocycles. The van der Waals surface area contributed by atoms with Crippen molar-refractivity contribution in [2.45, 2.75) is 146 Å². The van der Waals surface area contributed by atoms with Crippen LogP contribution in [0.15, 0.2) is 84.9 Å². The van der Waals surface area contributed by atoms with Crippen LogP contribution in [-0.2, 0) is 5.41 Å². The van der Waals surface area contributed by atoms with E-state index >= 15 is 0 Å². The van der Waals surface area contributed by atoms with E-state index in [0.29, 0.717) is 23.0 Å². The van der Waals surface area contributed by atoms with Gasteiger partial charge < -0.3 is 28.9 Å². The van der Waals surface area contributed by atoms with Crippen molar-refractivity contribution < 1.29 is 27.8 Å². The molecule has 8 fully saturated rings. The van der Waals surface area contributed by atoms with Gasteiger partial charge in [-0.1, -0.05) is 61.7 Å². The number of ether oxygens (including phenoxy) is 3. The molecule has 3 heterocycles. The summed E-state index contributed by atoms with van der Waals surface area (Å²) in [7, 11) is 5.18. The van der Waals surface area contributed by atoms with E-state index in [-0.39, 0.29) is 11.2 Å². The molecule has 4 aromatic rings. The molecule has 13 rings (SSSR count). The minimum absolute atomic E-state index is 0.137. The minimum atomic E-state index is -0.806. The highest BCUT2D eigenvalue weighted by Gasteiger charge is 2.45. The molecule has 5 saturated carbocycles. The topological polar surface area (TPSA) is 54.5 Å². The summed E-state index contributed by atoms with van der Waals surface area (Å²) in [6.07, 6.45) is 26.2. The molecule has 10 heteroatoms. The van der Waals surface area contributed by atoms with Gasteiger partial charge in [-0.15, -0.1) is 0 Å². The normalized spacial score (nSPS) is 29.7. The number of benzene rings is 4. The monoisotopic (exact) mass is 1070 g/mol. The van der Waals surface area contributed by atoms with Crippen molar-refractivity contribution in [1.29, 1.82) is 0 Å². The number of nitrogens with zero attached hydrogens (tertiary/aromatic N) is 3. The molecule has 6 bridgehead atoms. The van der Waals surface area contributed by atoms with Crippen molar-refractivity contribution in [3.63, 3.8) is 0 Å². The van der Waals surface area contributed by atoms with E-state index in [4.69, 9.17) is 25.8 Å². The second-order valence-electron chi connectivity index (χ2n) is 25.4. The van der Waals surface area contributed by atoms with Crippen LogP contribution in [0.3, 0.4) is 0 Å². The number of likely N-dealkylation sites (tertiary alicyclic amines) is 3. The Morgan fingerprint density at radius 3 is 1.74 bits per heavy atom. The van der Waals surface area contributed by atoms with Crippen molar-refractivity contribution in [2.75, 3.05) is 67.1 Å². The zero-order chi connectivity index (χ0) is 53.4. The van der Waals surface area contributed by atoms with Crippen LogP contribution in [0.25, 0.3) is 11.1 Å². The summed E-state index contributed by atoms with van der Waals surface area (Å²) in [5, 5.41) is 0.809. The molecule has 0 spiro atoms. The fourth-order valence-electron chi connectivity index (χ4n) is 16.7. The number of hydrogen-bond acceptors (Lipinski definition) is 7. The highest BCUT2D eigenvalue weighted by molar-refractivity contribution is 6.30. The highest BCUT2D eigenvalue weighted by atomic mass is 35.5. The molecule has 0 radical (unpaired) electrons. The Kier molecular flexibility index (Phi) is 16.9. The van der Waals surface area contributed by atoms with Crippen LogP contribution in [0.4, 0.5) is 8.78 Å². The lowest BCUT2D eigenvalue weighted by atomic mass is 9.74. The van der Waals surface area contributed by atoms with Crippen LogP contribution in [0.2, 0.25) is 5.02 Å². The number of halogens is 3. The van der Waals surface area contributed by atoms with E-state index in [2.05, 4.69) is 45.9 Å². The predicted molar refractivity (Wildman–Crippen MR) is 307 cm³/mol. The standard InChI is InChI=1S/C25H29F2NO.C21H28ClNO.C21H29NO2/c1-29-24-8-7-18(20-3-2-4-22(26)25(20)27)15-21(24)17-9-11-28(12-10-17)23-14-16-5-6-19(23)13-16;1-21(19-13-18(22)5-6-20(19)24-2)7-9-23(10-8-21)14-17-12-15-3-4-16(17)11-15;1-14(23)17-5-6-21(24-2)19(13-17)16-7-9-22(10-8-16)20-12-15-3-4-18(20)11-15/h2-4,7-8,15-17,19,23H,5-6,9-14H2,1H3;3-6,13,15-17H,7-12,14H2,1-2H3;5-6,13,15-16,18,20H,3-4,7-12H2,1-2H3/t16-,19-,23+;15-,16-,17-;15-,18-,20-/m000/s1. The molecular weight excluding hydrogens is 984 g/mol. The zero-order valence-electron chi connectivity index (χ0n) is 46.8. The van der Waals surface area contributed by atoms with Crippen molar-refractivity contribution in [2.24, 2.45) is 41.4 Å². The molecule has 77 heavy (non-hydrogen) atoms. The van der Waals surface area contributed by atoms with Crippen LogP contribution >= 0.6 is 11.6 Å². The zero-order valence-corrected chi connectivity index (χ0v) is 47.6. The summed E-state index contributed by atoms with van der Waals surface area (Å²) in [6.45, 7) is 12.3. The van der Waals surface area contributed by atoms with Crippen molar-refractivity contribution >= 4 is 17.4 Å². The average molecular weight is 1070 g/mol. The Morgan fingerprint density at radius 1 is 0.636 bits per heavy atom. The molecular formula is C67H86ClF2N3O4. The first kappa shape index (κ1) is 54.7. The molecule has 0 amide bonds. The Morgan fingerprint density at radius 2 is 1.22 bits per heavy atom. The van der Waals surface area contributed by atoms with Gasteiger partial charge in [0.25, 0.3) is 0 Å². The summed E-state index contributed by atoms with van der Waals surface area (Å²) in [5.74, 6) is 8.76. The lowest BCUT2D eigenvalue weighted by Crippen LogP contribution is -2.43. The van der Waals surface area contributed by atoms with Crippen LogP contribution in [0.5, 0.6) is 17.2 Å². The van der Waals surface area contributed by atoms with Gasteiger partial charge in [-0.2, -0.15) is 0 Å². The van der Waals surface area contributed by atoms with Crippen molar-refractivity contribution in [1.82, 2.24) is 14.7 Å². The number of hydrogen-bond donors (Lipinski definition) is 0. The van der Waals surface area contributed by atoms with Gasteiger partial charge in [0.15, 0.2) is 17.4 Å². The highest BCUT2D eigenvalue weighted by Crippen LogP contribution is 2.50. The van der Waals surface area contributed by atoms with Gasteiger partial charge in [0.2, 0.25) is 0 Å². The van der Waals surface area contributed by atoms with Gasteiger partial charge in [-0.3, -0.25) is 4.79 Å². The predicted octanol–water partition coefficient (Wildman–Crippen LogP) is 15.2. The van der Waals surface area contributed by atoms with Crippen LogP contribution in [0, 0.1) is 53.1 Å². The number of methoxy groups -OCH3 is 3. The molecule has 9 atom stereocenters. The van der Waals surface area contributed by atoms with E-state index in [9.17, 15) is 13.6 Å². The Balaban J connectivity index is 0.000000124. The van der Waals surface area contributed by atoms with Gasteiger partial charge in [-0.05, 0) is 266 Å². The molecule has 3 aliphatic heterocycles. The van der Waals surface area contributed by atoms with Crippen LogP contribution in [0.1, 0.15) is 155 Å². The van der Waals surface area contributed by atoms with E-state index in [0.717, 1.165) is 119 Å². The van der Waals surface area contributed by atoms with Crippen molar-refractivity contribution in [3.8, 4) is 28.4 Å². The second kappa shape index (κ2) is 23.8. The Hall–Kier alpha value is -4.28. The van der Waals surface area contributed by atoms with Crippen molar-refractivity contribution in [3.05, 3.63) is 124 Å². The largest absolute Gasteiger partial charge is 0.496 e. The third-order valence-electron chi connectivity index (χ3n) is 21.1. The van der Waals surface area contributed by atoms with Gasteiger partial charge in [0, 0.05) is 40.3 Å². The lowest BCUT2D eigenvalue weighted by Gasteiger charge is -2.41. The number of Topliss-reactive ketones (excluding diaryl/α,β-unsaturated/α-hetero) is 1. The Bertz CT molecular complexity index is 2720. The van der Waals surface area contributed by atoms with Gasteiger partial charge in [0.1, 0.15) is 17.2 Å². The summed E-state index contributed by atoms with van der Waals surface area (Å²) in [6, 6.07) is 23.7. The summed E-state index contributed by atoms with van der Waals surface area (Å²) < 4.78 is 44.9. The lowest BCUT2D eigenvalue weighted by molar-refractivity contribution is 0.101. The third kappa shape index (κ3) is 11.8. The third-order valence-corrected chi connectivity index (χ3v) is 21.3. The SMILES string of the molecule is COc1ccc(-c2cccc(F)c2F)cc1C1CCN([C@@H]2C[C@H]3CC[C@H]2C3)CC1.COc1ccc(C(C)=O)cc1C1CCN([C@H]2C[C@H]3CC[C@H]2C3)CC1.COc1ccc(Cl)cc1C1(C)CCN(C[C@@H]2C[C@H]3C=C[C@H]2C3)CC1. The minimum Gasteiger partial charge on any atom is -0.496 e. The first-order chi connectivity index (χ1) is 37.4. The van der Waals surface area contributed by atoms with Crippen LogP contribution in [-0.4, -0.2) is 99.7 Å². The molecule has 414 valence electrons. The maximum absolute atomic E-state index is 14.3. The van der Waals surface area contributed by atoms with Gasteiger partial charge in [0.05, 0.1) is 21.3 Å². The summed E-state index contributed by atoms with van der Waals surface area (Å²) >= 11 is 6.26. The summed E-state index contributed by atoms with van der Waals surface area (Å²) in [5.41, 5.74) is 5.64. The quantitative estimate of drug-likeness (QED) is 0.103. The number of carbonyl (C=O) groups is 1. The van der Waals surface area contributed by atoms with Gasteiger partial charge >= 0.3 is 0 Å². The average Bonchev–Trinajstić information content (AvgIpc) is 4.38. The number of piperidine rings is 3.